The van der Waals surface area contributed by atoms with Crippen LogP contribution in [0.4, 0.5) is 5.69 Å². The van der Waals surface area contributed by atoms with Gasteiger partial charge in [0.05, 0.1) is 11.1 Å². The fourth-order valence-electron chi connectivity index (χ4n) is 2.11. The summed E-state index contributed by atoms with van der Waals surface area (Å²) in [6, 6.07) is 13.4. The van der Waals surface area contributed by atoms with Gasteiger partial charge in [-0.3, -0.25) is 0 Å². The van der Waals surface area contributed by atoms with Gasteiger partial charge in [0.2, 0.25) is 6.23 Å². The lowest BCUT2D eigenvalue weighted by Crippen LogP contribution is -2.10. The molecule has 1 unspecified atom stereocenters. The van der Waals surface area contributed by atoms with Crippen LogP contribution >= 0.6 is 0 Å². The molecule has 0 bridgehead atoms. The Morgan fingerprint density at radius 3 is 2.50 bits per heavy atom. The van der Waals surface area contributed by atoms with Crippen molar-refractivity contribution in [2.45, 2.75) is 6.23 Å². The van der Waals surface area contributed by atoms with E-state index in [1.165, 1.54) is 12.1 Å². The van der Waals surface area contributed by atoms with Gasteiger partial charge in [0.25, 0.3) is 0 Å². The molecule has 2 N–H and O–H groups in total. The summed E-state index contributed by atoms with van der Waals surface area (Å²) in [6.07, 6.45) is -0.547. The fourth-order valence-corrected chi connectivity index (χ4v) is 2.11. The third kappa shape index (κ3) is 2.09. The van der Waals surface area contributed by atoms with Crippen LogP contribution in [0.5, 0.6) is 0 Å². The molecule has 0 fully saturated rings. The first kappa shape index (κ1) is 12.2. The highest BCUT2D eigenvalue weighted by Gasteiger charge is 2.30. The maximum Gasteiger partial charge on any atom is 0.340 e. The Labute approximate surface area is 114 Å². The lowest BCUT2D eigenvalue weighted by Gasteiger charge is -2.14. The van der Waals surface area contributed by atoms with E-state index in [1.807, 2.05) is 12.1 Å². The van der Waals surface area contributed by atoms with E-state index in [-0.39, 0.29) is 11.5 Å². The van der Waals surface area contributed by atoms with Gasteiger partial charge < -0.3 is 15.2 Å². The summed E-state index contributed by atoms with van der Waals surface area (Å²) in [5, 5.41) is 11.9. The molecule has 5 nitrogen and oxygen atoms in total. The summed E-state index contributed by atoms with van der Waals surface area (Å²) in [4.78, 5) is 22.4. The average Bonchev–Trinajstić information content (AvgIpc) is 2.77. The van der Waals surface area contributed by atoms with Gasteiger partial charge in [0.15, 0.2) is 0 Å². The molecule has 0 amide bonds. The summed E-state index contributed by atoms with van der Waals surface area (Å²) in [6.45, 7) is 0. The molecule has 0 saturated heterocycles. The quantitative estimate of drug-likeness (QED) is 0.838. The van der Waals surface area contributed by atoms with Gasteiger partial charge >= 0.3 is 11.9 Å². The number of anilines is 1. The highest BCUT2D eigenvalue weighted by Crippen LogP contribution is 2.31. The number of carbonyl (C=O) groups is 2. The zero-order valence-electron chi connectivity index (χ0n) is 10.4. The first-order chi connectivity index (χ1) is 9.65. The summed E-state index contributed by atoms with van der Waals surface area (Å²) in [5.74, 6) is -1.34. The molecule has 1 heterocycles. The Balaban J connectivity index is 1.82. The average molecular weight is 269 g/mol. The van der Waals surface area contributed by atoms with Crippen LogP contribution in [0, 0.1) is 0 Å². The first-order valence-electron chi connectivity index (χ1n) is 6.05. The van der Waals surface area contributed by atoms with E-state index in [4.69, 9.17) is 9.84 Å². The van der Waals surface area contributed by atoms with Gasteiger partial charge in [0, 0.05) is 11.3 Å². The third-order valence-electron chi connectivity index (χ3n) is 3.12. The predicted molar refractivity (Wildman–Crippen MR) is 71.6 cm³/mol. The van der Waals surface area contributed by atoms with E-state index in [0.717, 1.165) is 5.56 Å². The van der Waals surface area contributed by atoms with Crippen molar-refractivity contribution in [1.82, 2.24) is 0 Å². The van der Waals surface area contributed by atoms with E-state index >= 15 is 0 Å². The van der Waals surface area contributed by atoms with E-state index < -0.39 is 12.2 Å². The number of benzene rings is 2. The normalized spacial score (nSPS) is 16.4. The Morgan fingerprint density at radius 2 is 1.80 bits per heavy atom. The minimum absolute atomic E-state index is 0.208. The van der Waals surface area contributed by atoms with Crippen molar-refractivity contribution in [3.8, 4) is 0 Å². The number of fused-ring (bicyclic) bond motifs is 1. The van der Waals surface area contributed by atoms with Crippen molar-refractivity contribution in [2.75, 3.05) is 5.32 Å². The molecule has 100 valence electrons. The lowest BCUT2D eigenvalue weighted by molar-refractivity contribution is 0.0437. The molecule has 2 aromatic carbocycles. The molecule has 0 spiro atoms. The molecule has 2 aromatic rings. The second kappa shape index (κ2) is 4.70. The summed E-state index contributed by atoms with van der Waals surface area (Å²) in [5.41, 5.74) is 2.22. The number of carbonyl (C=O) groups excluding carboxylic acids is 1. The molecule has 0 radical (unpaired) electrons. The van der Waals surface area contributed by atoms with Crippen LogP contribution in [0.3, 0.4) is 0 Å². The number of nitrogens with one attached hydrogen (secondary N) is 1. The molecule has 0 aromatic heterocycles. The molecule has 20 heavy (non-hydrogen) atoms. The number of rotatable bonds is 3. The zero-order chi connectivity index (χ0) is 14.1. The second-order valence-corrected chi connectivity index (χ2v) is 4.40. The van der Waals surface area contributed by atoms with Crippen LogP contribution in [0.25, 0.3) is 0 Å². The monoisotopic (exact) mass is 269 g/mol. The Kier molecular flexibility index (Phi) is 2.87. The summed E-state index contributed by atoms with van der Waals surface area (Å²) >= 11 is 0. The number of esters is 1. The topological polar surface area (TPSA) is 75.6 Å². The molecule has 1 aliphatic rings. The van der Waals surface area contributed by atoms with Gasteiger partial charge in [-0.1, -0.05) is 18.2 Å². The van der Waals surface area contributed by atoms with Gasteiger partial charge in [-0.25, -0.2) is 9.59 Å². The van der Waals surface area contributed by atoms with Crippen molar-refractivity contribution in [3.63, 3.8) is 0 Å². The largest absolute Gasteiger partial charge is 0.478 e. The smallest absolute Gasteiger partial charge is 0.340 e. The number of aromatic carboxylic acids is 1. The van der Waals surface area contributed by atoms with Crippen molar-refractivity contribution in [1.29, 1.82) is 0 Å². The Morgan fingerprint density at radius 1 is 1.10 bits per heavy atom. The van der Waals surface area contributed by atoms with Crippen LogP contribution < -0.4 is 5.32 Å². The fraction of sp³-hybridized carbons (Fsp3) is 0.0667. The molecular formula is C15H11NO4. The molecular weight excluding hydrogens is 258 g/mol. The molecule has 5 heteroatoms. The molecule has 0 saturated carbocycles. The third-order valence-corrected chi connectivity index (χ3v) is 3.12. The highest BCUT2D eigenvalue weighted by atomic mass is 16.6. The molecule has 0 aliphatic carbocycles. The number of hydrogen-bond acceptors (Lipinski definition) is 4. The highest BCUT2D eigenvalue weighted by molar-refractivity contribution is 5.94. The van der Waals surface area contributed by atoms with Gasteiger partial charge in [-0.15, -0.1) is 0 Å². The Hall–Kier alpha value is -2.82. The van der Waals surface area contributed by atoms with Crippen molar-refractivity contribution < 1.29 is 19.4 Å². The number of ether oxygens (including phenoxy) is 1. The minimum atomic E-state index is -0.978. The van der Waals surface area contributed by atoms with Crippen molar-refractivity contribution >= 4 is 17.6 Å². The minimum Gasteiger partial charge on any atom is -0.478 e. The van der Waals surface area contributed by atoms with Gasteiger partial charge in [-0.05, 0) is 30.3 Å². The Bertz CT molecular complexity index is 679. The predicted octanol–water partition coefficient (Wildman–Crippen LogP) is 2.67. The number of carboxylic acids is 1. The summed E-state index contributed by atoms with van der Waals surface area (Å²) in [7, 11) is 0. The SMILES string of the molecule is O=C(O)c1ccc(NC2OC(=O)c3ccccc32)cc1. The van der Waals surface area contributed by atoms with Gasteiger partial charge in [0.1, 0.15) is 0 Å². The molecule has 1 aliphatic heterocycles. The standard InChI is InChI=1S/C15H11NO4/c17-14(18)9-5-7-10(8-6-9)16-13-11-3-1-2-4-12(11)15(19)20-13/h1-8,13,16H,(H,17,18). The van der Waals surface area contributed by atoms with Crippen molar-refractivity contribution in [2.24, 2.45) is 0 Å². The zero-order valence-corrected chi connectivity index (χ0v) is 10.4. The second-order valence-electron chi connectivity index (χ2n) is 4.40. The number of carboxylic acid groups (broad SMARTS) is 1. The van der Waals surface area contributed by atoms with E-state index in [9.17, 15) is 9.59 Å². The van der Waals surface area contributed by atoms with Crippen LogP contribution in [0.2, 0.25) is 0 Å². The lowest BCUT2D eigenvalue weighted by atomic mass is 10.1. The number of hydrogen-bond donors (Lipinski definition) is 2. The van der Waals surface area contributed by atoms with Crippen LogP contribution in [-0.4, -0.2) is 17.0 Å². The van der Waals surface area contributed by atoms with E-state index in [1.54, 1.807) is 24.3 Å². The van der Waals surface area contributed by atoms with Crippen LogP contribution in [0.1, 0.15) is 32.5 Å². The summed E-state index contributed by atoms with van der Waals surface area (Å²) < 4.78 is 5.25. The molecule has 1 atom stereocenters. The van der Waals surface area contributed by atoms with Gasteiger partial charge in [-0.2, -0.15) is 0 Å². The maximum atomic E-state index is 11.7. The van der Waals surface area contributed by atoms with E-state index in [2.05, 4.69) is 5.32 Å². The first-order valence-corrected chi connectivity index (χ1v) is 6.05. The molecule has 3 rings (SSSR count). The van der Waals surface area contributed by atoms with E-state index in [0.29, 0.717) is 11.3 Å². The number of cyclic esters (lactones) is 1. The van der Waals surface area contributed by atoms with Crippen LogP contribution in [0.15, 0.2) is 48.5 Å². The maximum absolute atomic E-state index is 11.7. The van der Waals surface area contributed by atoms with Crippen molar-refractivity contribution in [3.05, 3.63) is 65.2 Å². The van der Waals surface area contributed by atoms with Crippen LogP contribution in [-0.2, 0) is 4.74 Å².